The summed E-state index contributed by atoms with van der Waals surface area (Å²) in [7, 11) is 0. The van der Waals surface area contributed by atoms with Gasteiger partial charge in [-0.25, -0.2) is 0 Å². The van der Waals surface area contributed by atoms with E-state index < -0.39 is 5.54 Å². The molecule has 1 aliphatic carbocycles. The number of furan rings is 1. The van der Waals surface area contributed by atoms with Crippen LogP contribution >= 0.6 is 0 Å². The summed E-state index contributed by atoms with van der Waals surface area (Å²) in [5.74, 6) is 0.533. The first kappa shape index (κ1) is 21.6. The molecule has 3 heterocycles. The predicted octanol–water partition coefficient (Wildman–Crippen LogP) is 4.50. The van der Waals surface area contributed by atoms with Gasteiger partial charge in [-0.1, -0.05) is 31.4 Å². The molecule has 3 aromatic rings. The second-order valence-corrected chi connectivity index (χ2v) is 9.34. The normalized spacial score (nSPS) is 21.3. The van der Waals surface area contributed by atoms with Gasteiger partial charge in [0.2, 0.25) is 5.91 Å². The number of ether oxygens (including phenoxy) is 1. The Labute approximate surface area is 193 Å². The maximum absolute atomic E-state index is 13.7. The van der Waals surface area contributed by atoms with Crippen molar-refractivity contribution in [2.45, 2.75) is 70.6 Å². The van der Waals surface area contributed by atoms with Gasteiger partial charge < -0.3 is 23.9 Å². The van der Waals surface area contributed by atoms with Gasteiger partial charge in [0.05, 0.1) is 24.9 Å². The van der Waals surface area contributed by atoms with Crippen molar-refractivity contribution in [2.24, 2.45) is 0 Å². The SMILES string of the molecule is CCOc1ccc(CN2C(=O)c3cc4occc4n3C[C@]2(C)C(=O)NC2CCCCC2)cc1. The first-order valence-electron chi connectivity index (χ1n) is 11.9. The fourth-order valence-corrected chi connectivity index (χ4v) is 5.15. The summed E-state index contributed by atoms with van der Waals surface area (Å²) < 4.78 is 13.0. The molecule has 1 saturated carbocycles. The number of hydrogen-bond acceptors (Lipinski definition) is 4. The zero-order valence-corrected chi connectivity index (χ0v) is 19.3. The Morgan fingerprint density at radius 3 is 2.67 bits per heavy atom. The quantitative estimate of drug-likeness (QED) is 0.601. The Morgan fingerprint density at radius 2 is 1.94 bits per heavy atom. The smallest absolute Gasteiger partial charge is 0.271 e. The Hall–Kier alpha value is -3.22. The molecule has 1 fully saturated rings. The zero-order chi connectivity index (χ0) is 23.0. The minimum Gasteiger partial charge on any atom is -0.494 e. The van der Waals surface area contributed by atoms with Crippen LogP contribution in [0.5, 0.6) is 5.75 Å². The van der Waals surface area contributed by atoms with Gasteiger partial charge in [-0.15, -0.1) is 0 Å². The molecular formula is C26H31N3O4. The van der Waals surface area contributed by atoms with E-state index in [1.165, 1.54) is 6.42 Å². The minimum atomic E-state index is -1.02. The van der Waals surface area contributed by atoms with Crippen LogP contribution in [0.2, 0.25) is 0 Å². The van der Waals surface area contributed by atoms with E-state index >= 15 is 0 Å². The number of nitrogens with one attached hydrogen (secondary N) is 1. The maximum atomic E-state index is 13.7. The average molecular weight is 450 g/mol. The van der Waals surface area contributed by atoms with Gasteiger partial charge in [-0.2, -0.15) is 0 Å². The summed E-state index contributed by atoms with van der Waals surface area (Å²) in [6.07, 6.45) is 7.10. The highest BCUT2D eigenvalue weighted by Gasteiger charge is 2.48. The molecule has 2 aliphatic rings. The third kappa shape index (κ3) is 3.90. The molecule has 0 spiro atoms. The van der Waals surface area contributed by atoms with Crippen molar-refractivity contribution in [2.75, 3.05) is 6.61 Å². The van der Waals surface area contributed by atoms with Gasteiger partial charge in [0, 0.05) is 24.7 Å². The molecule has 1 aromatic carbocycles. The summed E-state index contributed by atoms with van der Waals surface area (Å²) in [4.78, 5) is 29.2. The molecule has 5 rings (SSSR count). The van der Waals surface area contributed by atoms with Crippen LogP contribution in [-0.4, -0.2) is 39.5 Å². The molecule has 0 saturated heterocycles. The molecule has 33 heavy (non-hydrogen) atoms. The van der Waals surface area contributed by atoms with Crippen LogP contribution in [0, 0.1) is 0 Å². The van der Waals surface area contributed by atoms with E-state index in [4.69, 9.17) is 9.15 Å². The number of benzene rings is 1. The molecule has 7 nitrogen and oxygen atoms in total. The highest BCUT2D eigenvalue weighted by molar-refractivity contribution is 6.02. The predicted molar refractivity (Wildman–Crippen MR) is 125 cm³/mol. The van der Waals surface area contributed by atoms with Gasteiger partial charge >= 0.3 is 0 Å². The van der Waals surface area contributed by atoms with Crippen LogP contribution < -0.4 is 10.1 Å². The largest absolute Gasteiger partial charge is 0.494 e. The second kappa shape index (κ2) is 8.61. The maximum Gasteiger partial charge on any atom is 0.271 e. The molecule has 0 unspecified atom stereocenters. The third-order valence-electron chi connectivity index (χ3n) is 7.05. The summed E-state index contributed by atoms with van der Waals surface area (Å²) in [5.41, 5.74) is 1.99. The van der Waals surface area contributed by atoms with Gasteiger partial charge in [0.15, 0.2) is 5.58 Å². The number of rotatable bonds is 6. The van der Waals surface area contributed by atoms with Crippen molar-refractivity contribution in [3.05, 3.63) is 53.9 Å². The molecule has 1 aliphatic heterocycles. The highest BCUT2D eigenvalue weighted by atomic mass is 16.5. The van der Waals surface area contributed by atoms with E-state index in [9.17, 15) is 9.59 Å². The summed E-state index contributed by atoms with van der Waals surface area (Å²) in [6, 6.07) is 11.5. The van der Waals surface area contributed by atoms with Crippen molar-refractivity contribution < 1.29 is 18.7 Å². The molecule has 2 aromatic heterocycles. The fraction of sp³-hybridized carbons (Fsp3) is 0.462. The monoisotopic (exact) mass is 449 g/mol. The van der Waals surface area contributed by atoms with Crippen LogP contribution in [-0.2, 0) is 17.9 Å². The number of carbonyl (C=O) groups excluding carboxylic acids is 2. The molecule has 2 amide bonds. The number of amides is 2. The first-order chi connectivity index (χ1) is 16.0. The van der Waals surface area contributed by atoms with E-state index in [0.29, 0.717) is 31.0 Å². The molecule has 174 valence electrons. The van der Waals surface area contributed by atoms with Gasteiger partial charge in [0.25, 0.3) is 5.91 Å². The van der Waals surface area contributed by atoms with Crippen LogP contribution in [0.1, 0.15) is 62.0 Å². The fourth-order valence-electron chi connectivity index (χ4n) is 5.15. The Bertz CT molecular complexity index is 1160. The molecule has 0 bridgehead atoms. The second-order valence-electron chi connectivity index (χ2n) is 9.34. The topological polar surface area (TPSA) is 76.7 Å². The van der Waals surface area contributed by atoms with Crippen molar-refractivity contribution >= 4 is 22.9 Å². The number of nitrogens with zero attached hydrogens (tertiary/aromatic N) is 2. The Balaban J connectivity index is 1.49. The van der Waals surface area contributed by atoms with Crippen LogP contribution in [0.4, 0.5) is 0 Å². The van der Waals surface area contributed by atoms with Crippen molar-refractivity contribution in [1.29, 1.82) is 0 Å². The number of aromatic nitrogens is 1. The number of hydrogen-bond donors (Lipinski definition) is 1. The van der Waals surface area contributed by atoms with Crippen LogP contribution in [0.25, 0.3) is 11.1 Å². The van der Waals surface area contributed by atoms with Crippen molar-refractivity contribution in [3.8, 4) is 5.75 Å². The Kier molecular flexibility index (Phi) is 5.64. The summed E-state index contributed by atoms with van der Waals surface area (Å²) in [6.45, 7) is 5.15. The lowest BCUT2D eigenvalue weighted by Gasteiger charge is -2.44. The van der Waals surface area contributed by atoms with Gasteiger partial charge in [-0.05, 0) is 44.4 Å². The zero-order valence-electron chi connectivity index (χ0n) is 19.3. The lowest BCUT2D eigenvalue weighted by Crippen LogP contribution is -2.64. The van der Waals surface area contributed by atoms with E-state index in [-0.39, 0.29) is 17.9 Å². The van der Waals surface area contributed by atoms with E-state index in [1.54, 1.807) is 17.2 Å². The van der Waals surface area contributed by atoms with E-state index in [2.05, 4.69) is 5.32 Å². The molecule has 0 radical (unpaired) electrons. The van der Waals surface area contributed by atoms with Gasteiger partial charge in [0.1, 0.15) is 17.0 Å². The summed E-state index contributed by atoms with van der Waals surface area (Å²) >= 11 is 0. The third-order valence-corrected chi connectivity index (χ3v) is 7.05. The Morgan fingerprint density at radius 1 is 1.18 bits per heavy atom. The van der Waals surface area contributed by atoms with Gasteiger partial charge in [-0.3, -0.25) is 9.59 Å². The molecular weight excluding hydrogens is 418 g/mol. The number of carbonyl (C=O) groups is 2. The van der Waals surface area contributed by atoms with Crippen molar-refractivity contribution in [3.63, 3.8) is 0 Å². The first-order valence-corrected chi connectivity index (χ1v) is 11.9. The van der Waals surface area contributed by atoms with Crippen LogP contribution in [0.3, 0.4) is 0 Å². The average Bonchev–Trinajstić information content (AvgIpc) is 3.41. The summed E-state index contributed by atoms with van der Waals surface area (Å²) in [5, 5.41) is 3.27. The molecule has 1 atom stereocenters. The molecule has 7 heteroatoms. The molecule has 1 N–H and O–H groups in total. The van der Waals surface area contributed by atoms with Crippen LogP contribution in [0.15, 0.2) is 47.1 Å². The number of fused-ring (bicyclic) bond motifs is 3. The van der Waals surface area contributed by atoms with E-state index in [0.717, 1.165) is 42.5 Å². The highest BCUT2D eigenvalue weighted by Crippen LogP contribution is 2.34. The lowest BCUT2D eigenvalue weighted by molar-refractivity contribution is -0.134. The van der Waals surface area contributed by atoms with Crippen molar-refractivity contribution in [1.82, 2.24) is 14.8 Å². The standard InChI is InChI=1S/C26H31N3O4/c1-3-32-20-11-9-18(10-12-20)16-29-24(30)22-15-23-21(13-14-33-23)28(22)17-26(29,2)25(31)27-19-7-5-4-6-8-19/h9-15,19H,3-8,16-17H2,1-2H3,(H,27,31)/t26-/m1/s1. The lowest BCUT2D eigenvalue weighted by atomic mass is 9.91. The van der Waals surface area contributed by atoms with E-state index in [1.807, 2.05) is 48.7 Å². The minimum absolute atomic E-state index is 0.0929.